The quantitative estimate of drug-likeness (QED) is 0.923. The standard InChI is InChI=1S/C18H26N2O/c1-20-12-15-8-5-9-16(13-20)17(15)10-18(21)19-11-14-6-3-2-4-7-14/h2-4,6-7,15-17H,5,8-13H2,1H3,(H,19,21)/t15-,16+,17?. The number of hydrogen-bond acceptors (Lipinski definition) is 2. The fraction of sp³-hybridized carbons (Fsp3) is 0.611. The molecule has 3 atom stereocenters. The highest BCUT2D eigenvalue weighted by Crippen LogP contribution is 2.41. The van der Waals surface area contributed by atoms with Crippen LogP contribution >= 0.6 is 0 Å². The molecule has 21 heavy (non-hydrogen) atoms. The lowest BCUT2D eigenvalue weighted by molar-refractivity contribution is -0.124. The lowest BCUT2D eigenvalue weighted by atomic mass is 9.67. The van der Waals surface area contributed by atoms with Gasteiger partial charge in [-0.05, 0) is 43.2 Å². The smallest absolute Gasteiger partial charge is 0.220 e. The Morgan fingerprint density at radius 2 is 1.86 bits per heavy atom. The van der Waals surface area contributed by atoms with Gasteiger partial charge in [0.25, 0.3) is 0 Å². The van der Waals surface area contributed by atoms with Crippen LogP contribution in [0.5, 0.6) is 0 Å². The second-order valence-corrected chi connectivity index (χ2v) is 6.80. The van der Waals surface area contributed by atoms with Gasteiger partial charge in [0.15, 0.2) is 0 Å². The van der Waals surface area contributed by atoms with Gasteiger partial charge in [-0.3, -0.25) is 4.79 Å². The molecule has 0 spiro atoms. The van der Waals surface area contributed by atoms with Gasteiger partial charge in [0.1, 0.15) is 0 Å². The summed E-state index contributed by atoms with van der Waals surface area (Å²) in [5.41, 5.74) is 1.18. The fourth-order valence-electron chi connectivity index (χ4n) is 4.20. The third-order valence-corrected chi connectivity index (χ3v) is 5.21. The van der Waals surface area contributed by atoms with Crippen molar-refractivity contribution in [3.8, 4) is 0 Å². The average Bonchev–Trinajstić information content (AvgIpc) is 2.47. The minimum atomic E-state index is 0.227. The van der Waals surface area contributed by atoms with E-state index < -0.39 is 0 Å². The van der Waals surface area contributed by atoms with Crippen molar-refractivity contribution >= 4 is 5.91 Å². The van der Waals surface area contributed by atoms with Crippen LogP contribution < -0.4 is 5.32 Å². The number of carbonyl (C=O) groups excluding carboxylic acids is 1. The van der Waals surface area contributed by atoms with E-state index in [9.17, 15) is 4.79 Å². The Morgan fingerprint density at radius 3 is 2.52 bits per heavy atom. The number of nitrogens with one attached hydrogen (secondary N) is 1. The molecule has 1 unspecified atom stereocenters. The van der Waals surface area contributed by atoms with E-state index in [1.54, 1.807) is 0 Å². The van der Waals surface area contributed by atoms with Crippen molar-refractivity contribution in [2.24, 2.45) is 17.8 Å². The molecule has 1 heterocycles. The Bertz CT molecular complexity index is 459. The summed E-state index contributed by atoms with van der Waals surface area (Å²) in [6.07, 6.45) is 4.68. The van der Waals surface area contributed by atoms with Gasteiger partial charge in [-0.2, -0.15) is 0 Å². The third-order valence-electron chi connectivity index (χ3n) is 5.21. The molecule has 3 nitrogen and oxygen atoms in total. The van der Waals surface area contributed by atoms with Gasteiger partial charge in [0, 0.05) is 26.1 Å². The average molecular weight is 286 g/mol. The van der Waals surface area contributed by atoms with Crippen LogP contribution in [0, 0.1) is 17.8 Å². The molecule has 1 amide bonds. The highest BCUT2D eigenvalue weighted by Gasteiger charge is 2.39. The van der Waals surface area contributed by atoms with Crippen molar-refractivity contribution < 1.29 is 4.79 Å². The summed E-state index contributed by atoms with van der Waals surface area (Å²) < 4.78 is 0. The van der Waals surface area contributed by atoms with Crippen LogP contribution in [0.15, 0.2) is 30.3 Å². The maximum atomic E-state index is 12.3. The van der Waals surface area contributed by atoms with E-state index in [0.717, 1.165) is 18.3 Å². The zero-order valence-electron chi connectivity index (χ0n) is 12.9. The summed E-state index contributed by atoms with van der Waals surface area (Å²) >= 11 is 0. The van der Waals surface area contributed by atoms with Crippen LogP contribution in [0.1, 0.15) is 31.2 Å². The summed E-state index contributed by atoms with van der Waals surface area (Å²) in [5, 5.41) is 3.09. The van der Waals surface area contributed by atoms with Gasteiger partial charge in [0.05, 0.1) is 0 Å². The molecule has 2 fully saturated rings. The Balaban J connectivity index is 1.52. The molecule has 3 rings (SSSR count). The van der Waals surface area contributed by atoms with Gasteiger partial charge in [-0.1, -0.05) is 36.8 Å². The third kappa shape index (κ3) is 3.65. The van der Waals surface area contributed by atoms with E-state index in [1.807, 2.05) is 18.2 Å². The van der Waals surface area contributed by atoms with Crippen molar-refractivity contribution in [2.75, 3.05) is 20.1 Å². The summed E-state index contributed by atoms with van der Waals surface area (Å²) in [5.74, 6) is 2.28. The van der Waals surface area contributed by atoms with Crippen molar-refractivity contribution in [2.45, 2.75) is 32.2 Å². The summed E-state index contributed by atoms with van der Waals surface area (Å²) in [4.78, 5) is 14.7. The van der Waals surface area contributed by atoms with Gasteiger partial charge in [0.2, 0.25) is 5.91 Å². The zero-order valence-corrected chi connectivity index (χ0v) is 12.9. The largest absolute Gasteiger partial charge is 0.352 e. The molecule has 1 aromatic carbocycles. The lowest BCUT2D eigenvalue weighted by Crippen LogP contribution is -2.48. The maximum absolute atomic E-state index is 12.3. The fourth-order valence-corrected chi connectivity index (χ4v) is 4.20. The number of likely N-dealkylation sites (tertiary alicyclic amines) is 1. The maximum Gasteiger partial charge on any atom is 0.220 e. The SMILES string of the molecule is CN1C[C@H]2CCC[C@@H](C1)C2CC(=O)NCc1ccccc1. The zero-order chi connectivity index (χ0) is 14.7. The predicted molar refractivity (Wildman–Crippen MR) is 84.7 cm³/mol. The monoisotopic (exact) mass is 286 g/mol. The molecule has 0 aromatic heterocycles. The molecule has 1 N–H and O–H groups in total. The van der Waals surface area contributed by atoms with Crippen molar-refractivity contribution in [1.29, 1.82) is 0 Å². The van der Waals surface area contributed by atoms with Crippen molar-refractivity contribution in [3.63, 3.8) is 0 Å². The highest BCUT2D eigenvalue weighted by molar-refractivity contribution is 5.76. The number of piperidine rings is 1. The van der Waals surface area contributed by atoms with E-state index >= 15 is 0 Å². The number of amides is 1. The Morgan fingerprint density at radius 1 is 1.19 bits per heavy atom. The number of hydrogen-bond donors (Lipinski definition) is 1. The van der Waals surface area contributed by atoms with Crippen molar-refractivity contribution in [3.05, 3.63) is 35.9 Å². The minimum absolute atomic E-state index is 0.227. The molecule has 1 saturated carbocycles. The Kier molecular flexibility index (Phi) is 4.59. The van der Waals surface area contributed by atoms with Crippen LogP contribution in [-0.2, 0) is 11.3 Å². The topological polar surface area (TPSA) is 32.3 Å². The first-order chi connectivity index (χ1) is 10.2. The summed E-state index contributed by atoms with van der Waals surface area (Å²) in [6, 6.07) is 10.2. The Hall–Kier alpha value is -1.35. The van der Waals surface area contributed by atoms with E-state index in [4.69, 9.17) is 0 Å². The lowest BCUT2D eigenvalue weighted by Gasteiger charge is -2.46. The number of rotatable bonds is 4. The molecule has 114 valence electrons. The normalized spacial score (nSPS) is 29.1. The predicted octanol–water partition coefficient (Wildman–Crippen LogP) is 2.67. The highest BCUT2D eigenvalue weighted by atomic mass is 16.1. The number of benzene rings is 1. The second kappa shape index (κ2) is 6.61. The number of nitrogens with zero attached hydrogens (tertiary/aromatic N) is 1. The molecule has 1 aromatic rings. The first kappa shape index (κ1) is 14.6. The van der Waals surface area contributed by atoms with E-state index in [1.165, 1.54) is 37.9 Å². The van der Waals surface area contributed by atoms with Gasteiger partial charge < -0.3 is 10.2 Å². The Labute approximate surface area is 127 Å². The molecule has 0 radical (unpaired) electrons. The molecule has 3 heteroatoms. The number of carbonyl (C=O) groups is 1. The van der Waals surface area contributed by atoms with Gasteiger partial charge in [-0.25, -0.2) is 0 Å². The molecular formula is C18H26N2O. The molecule has 1 aliphatic heterocycles. The second-order valence-electron chi connectivity index (χ2n) is 6.80. The van der Waals surface area contributed by atoms with Crippen LogP contribution in [0.2, 0.25) is 0 Å². The number of fused-ring (bicyclic) bond motifs is 2. The van der Waals surface area contributed by atoms with E-state index in [-0.39, 0.29) is 5.91 Å². The van der Waals surface area contributed by atoms with Gasteiger partial charge in [-0.15, -0.1) is 0 Å². The van der Waals surface area contributed by atoms with Crippen LogP contribution in [0.3, 0.4) is 0 Å². The molecule has 2 aliphatic rings. The van der Waals surface area contributed by atoms with Crippen LogP contribution in [0.4, 0.5) is 0 Å². The van der Waals surface area contributed by atoms with Crippen molar-refractivity contribution in [1.82, 2.24) is 10.2 Å². The first-order valence-electron chi connectivity index (χ1n) is 8.21. The van der Waals surface area contributed by atoms with Gasteiger partial charge >= 0.3 is 0 Å². The van der Waals surface area contributed by atoms with E-state index in [0.29, 0.717) is 12.5 Å². The molecule has 2 bridgehead atoms. The summed E-state index contributed by atoms with van der Waals surface area (Å²) in [6.45, 7) is 3.00. The minimum Gasteiger partial charge on any atom is -0.352 e. The van der Waals surface area contributed by atoms with E-state index in [2.05, 4.69) is 29.4 Å². The van der Waals surface area contributed by atoms with Crippen LogP contribution in [0.25, 0.3) is 0 Å². The van der Waals surface area contributed by atoms with Crippen LogP contribution in [-0.4, -0.2) is 30.9 Å². The molecule has 1 aliphatic carbocycles. The summed E-state index contributed by atoms with van der Waals surface area (Å²) in [7, 11) is 2.22. The molecule has 1 saturated heterocycles. The molecular weight excluding hydrogens is 260 g/mol. The first-order valence-corrected chi connectivity index (χ1v) is 8.21.